The van der Waals surface area contributed by atoms with Crippen LogP contribution in [0.2, 0.25) is 0 Å². The van der Waals surface area contributed by atoms with Crippen LogP contribution in [-0.4, -0.2) is 4.98 Å². The number of anilines is 1. The first-order valence-electron chi connectivity index (χ1n) is 4.36. The molecule has 2 N–H and O–H groups in total. The maximum Gasteiger partial charge on any atom is 0.192 e. The SMILES string of the molecule is CCc1cc(N)c2oc(C)nc2c1. The Kier molecular flexibility index (Phi) is 1.72. The number of nitrogens with zero attached hydrogens (tertiary/aromatic N) is 1. The van der Waals surface area contributed by atoms with Gasteiger partial charge in [0.05, 0.1) is 5.69 Å². The van der Waals surface area contributed by atoms with Crippen LogP contribution in [0.3, 0.4) is 0 Å². The number of hydrogen-bond acceptors (Lipinski definition) is 3. The number of oxazole rings is 1. The summed E-state index contributed by atoms with van der Waals surface area (Å²) in [4.78, 5) is 4.24. The summed E-state index contributed by atoms with van der Waals surface area (Å²) in [6, 6.07) is 3.95. The molecule has 0 spiro atoms. The van der Waals surface area contributed by atoms with Gasteiger partial charge in [0.25, 0.3) is 0 Å². The lowest BCUT2D eigenvalue weighted by molar-refractivity contribution is 0.562. The number of aromatic nitrogens is 1. The van der Waals surface area contributed by atoms with Crippen molar-refractivity contribution >= 4 is 16.8 Å². The van der Waals surface area contributed by atoms with Gasteiger partial charge in [0.15, 0.2) is 11.5 Å². The van der Waals surface area contributed by atoms with Crippen molar-refractivity contribution in [2.24, 2.45) is 0 Å². The standard InChI is InChI=1S/C10H12N2O/c1-3-7-4-8(11)10-9(5-7)12-6(2)13-10/h4-5H,3,11H2,1-2H3. The van der Waals surface area contributed by atoms with E-state index in [1.54, 1.807) is 0 Å². The minimum absolute atomic E-state index is 0.662. The molecule has 0 saturated heterocycles. The van der Waals surface area contributed by atoms with Gasteiger partial charge in [-0.15, -0.1) is 0 Å². The molecular weight excluding hydrogens is 164 g/mol. The van der Waals surface area contributed by atoms with Crippen LogP contribution in [-0.2, 0) is 6.42 Å². The third-order valence-electron chi connectivity index (χ3n) is 2.09. The highest BCUT2D eigenvalue weighted by Gasteiger charge is 2.06. The highest BCUT2D eigenvalue weighted by molar-refractivity contribution is 5.85. The fourth-order valence-electron chi connectivity index (χ4n) is 1.43. The summed E-state index contributed by atoms with van der Waals surface area (Å²) in [5.41, 5.74) is 9.24. The quantitative estimate of drug-likeness (QED) is 0.678. The van der Waals surface area contributed by atoms with Gasteiger partial charge in [0.2, 0.25) is 0 Å². The molecule has 0 radical (unpaired) electrons. The minimum atomic E-state index is 0.662. The van der Waals surface area contributed by atoms with E-state index in [1.807, 2.05) is 19.1 Å². The smallest absolute Gasteiger partial charge is 0.192 e. The second-order valence-corrected chi connectivity index (χ2v) is 3.12. The molecule has 1 aromatic carbocycles. The summed E-state index contributed by atoms with van der Waals surface area (Å²) >= 11 is 0. The van der Waals surface area contributed by atoms with Crippen LogP contribution < -0.4 is 5.73 Å². The van der Waals surface area contributed by atoms with Crippen molar-refractivity contribution in [3.8, 4) is 0 Å². The second-order valence-electron chi connectivity index (χ2n) is 3.12. The predicted molar refractivity (Wildman–Crippen MR) is 52.5 cm³/mol. The number of benzene rings is 1. The van der Waals surface area contributed by atoms with Gasteiger partial charge in [-0.25, -0.2) is 4.98 Å². The maximum absolute atomic E-state index is 5.81. The molecule has 3 nitrogen and oxygen atoms in total. The molecule has 1 heterocycles. The minimum Gasteiger partial charge on any atom is -0.439 e. The van der Waals surface area contributed by atoms with Crippen molar-refractivity contribution in [1.82, 2.24) is 4.98 Å². The molecule has 0 fully saturated rings. The van der Waals surface area contributed by atoms with E-state index in [4.69, 9.17) is 10.2 Å². The average Bonchev–Trinajstić information content (AvgIpc) is 2.46. The van der Waals surface area contributed by atoms with Crippen LogP contribution in [0.5, 0.6) is 0 Å². The third kappa shape index (κ3) is 1.26. The summed E-state index contributed by atoms with van der Waals surface area (Å²) in [6.07, 6.45) is 0.964. The number of nitrogens with two attached hydrogens (primary N) is 1. The van der Waals surface area contributed by atoms with Crippen LogP contribution in [0.4, 0.5) is 5.69 Å². The largest absolute Gasteiger partial charge is 0.439 e. The monoisotopic (exact) mass is 176 g/mol. The first kappa shape index (κ1) is 8.10. The van der Waals surface area contributed by atoms with Crippen LogP contribution in [0.25, 0.3) is 11.1 Å². The fraction of sp³-hybridized carbons (Fsp3) is 0.300. The first-order valence-corrected chi connectivity index (χ1v) is 4.36. The molecule has 0 saturated carbocycles. The van der Waals surface area contributed by atoms with Gasteiger partial charge in [0.1, 0.15) is 5.52 Å². The first-order chi connectivity index (χ1) is 6.20. The molecule has 13 heavy (non-hydrogen) atoms. The lowest BCUT2D eigenvalue weighted by Crippen LogP contribution is -1.88. The van der Waals surface area contributed by atoms with Crippen LogP contribution >= 0.6 is 0 Å². The van der Waals surface area contributed by atoms with E-state index in [1.165, 1.54) is 5.56 Å². The summed E-state index contributed by atoms with van der Waals surface area (Å²) in [5.74, 6) is 0.662. The van der Waals surface area contributed by atoms with Gasteiger partial charge in [-0.2, -0.15) is 0 Å². The summed E-state index contributed by atoms with van der Waals surface area (Å²) in [6.45, 7) is 3.92. The Labute approximate surface area is 76.6 Å². The molecule has 0 aliphatic rings. The Balaban J connectivity index is 2.75. The van der Waals surface area contributed by atoms with Gasteiger partial charge in [-0.1, -0.05) is 6.92 Å². The predicted octanol–water partition coefficient (Wildman–Crippen LogP) is 2.28. The average molecular weight is 176 g/mol. The summed E-state index contributed by atoms with van der Waals surface area (Å²) < 4.78 is 5.36. The molecule has 1 aromatic heterocycles. The van der Waals surface area contributed by atoms with E-state index < -0.39 is 0 Å². The van der Waals surface area contributed by atoms with Gasteiger partial charge in [0, 0.05) is 6.92 Å². The topological polar surface area (TPSA) is 52.0 Å². The molecular formula is C10H12N2O. The van der Waals surface area contributed by atoms with Crippen molar-refractivity contribution in [3.63, 3.8) is 0 Å². The lowest BCUT2D eigenvalue weighted by atomic mass is 10.1. The van der Waals surface area contributed by atoms with Crippen molar-refractivity contribution in [2.45, 2.75) is 20.3 Å². The highest BCUT2D eigenvalue weighted by atomic mass is 16.3. The second kappa shape index (κ2) is 2.76. The molecule has 2 aromatic rings. The zero-order chi connectivity index (χ0) is 9.42. The molecule has 0 amide bonds. The zero-order valence-electron chi connectivity index (χ0n) is 7.79. The van der Waals surface area contributed by atoms with E-state index in [-0.39, 0.29) is 0 Å². The number of fused-ring (bicyclic) bond motifs is 1. The van der Waals surface area contributed by atoms with Crippen molar-refractivity contribution < 1.29 is 4.42 Å². The Morgan fingerprint density at radius 3 is 2.92 bits per heavy atom. The molecule has 68 valence electrons. The molecule has 0 aliphatic carbocycles. The van der Waals surface area contributed by atoms with Gasteiger partial charge in [-0.3, -0.25) is 0 Å². The Bertz CT molecular complexity index is 445. The van der Waals surface area contributed by atoms with E-state index in [9.17, 15) is 0 Å². The number of hydrogen-bond donors (Lipinski definition) is 1. The summed E-state index contributed by atoms with van der Waals surface area (Å²) in [7, 11) is 0. The Hall–Kier alpha value is -1.51. The maximum atomic E-state index is 5.81. The molecule has 2 rings (SSSR count). The van der Waals surface area contributed by atoms with Gasteiger partial charge < -0.3 is 10.2 Å². The molecule has 3 heteroatoms. The van der Waals surface area contributed by atoms with Crippen molar-refractivity contribution in [2.75, 3.05) is 5.73 Å². The molecule has 0 bridgehead atoms. The normalized spacial score (nSPS) is 10.9. The number of aryl methyl sites for hydroxylation is 2. The van der Waals surface area contributed by atoms with Gasteiger partial charge >= 0.3 is 0 Å². The third-order valence-corrected chi connectivity index (χ3v) is 2.09. The fourth-order valence-corrected chi connectivity index (χ4v) is 1.43. The van der Waals surface area contributed by atoms with E-state index in [0.29, 0.717) is 17.2 Å². The molecule has 0 aliphatic heterocycles. The molecule has 0 atom stereocenters. The Morgan fingerprint density at radius 1 is 1.46 bits per heavy atom. The Morgan fingerprint density at radius 2 is 2.23 bits per heavy atom. The number of rotatable bonds is 1. The number of nitrogen functional groups attached to an aromatic ring is 1. The van der Waals surface area contributed by atoms with Crippen LogP contribution in [0.1, 0.15) is 18.4 Å². The zero-order valence-corrected chi connectivity index (χ0v) is 7.79. The molecule has 0 unspecified atom stereocenters. The lowest BCUT2D eigenvalue weighted by Gasteiger charge is -1.98. The van der Waals surface area contributed by atoms with Crippen molar-refractivity contribution in [1.29, 1.82) is 0 Å². The van der Waals surface area contributed by atoms with Gasteiger partial charge in [-0.05, 0) is 24.1 Å². The summed E-state index contributed by atoms with van der Waals surface area (Å²) in [5, 5.41) is 0. The van der Waals surface area contributed by atoms with Crippen molar-refractivity contribution in [3.05, 3.63) is 23.6 Å². The highest BCUT2D eigenvalue weighted by Crippen LogP contribution is 2.23. The van der Waals surface area contributed by atoms with Crippen LogP contribution in [0.15, 0.2) is 16.5 Å². The van der Waals surface area contributed by atoms with E-state index in [2.05, 4.69) is 11.9 Å². The van der Waals surface area contributed by atoms with E-state index >= 15 is 0 Å². The van der Waals surface area contributed by atoms with E-state index in [0.717, 1.165) is 11.9 Å². The van der Waals surface area contributed by atoms with Crippen LogP contribution in [0, 0.1) is 6.92 Å².